The van der Waals surface area contributed by atoms with Crippen LogP contribution in [0.5, 0.6) is 0 Å². The quantitative estimate of drug-likeness (QED) is 0.615. The molecule has 4 heteroatoms. The van der Waals surface area contributed by atoms with Crippen LogP contribution in [0.4, 0.5) is 0 Å². The third-order valence-corrected chi connectivity index (χ3v) is 2.41. The fraction of sp³-hybridized carbons (Fsp3) is 0.909. The summed E-state index contributed by atoms with van der Waals surface area (Å²) in [4.78, 5) is 13.5. The van der Waals surface area contributed by atoms with Gasteiger partial charge in [0.05, 0.1) is 13.2 Å². The minimum atomic E-state index is -0.155. The third kappa shape index (κ3) is 5.74. The van der Waals surface area contributed by atoms with E-state index in [2.05, 4.69) is 18.7 Å². The standard InChI is InChI=1S/C11H24N2O2/c1-4-7-13(10(5-2)8-12)9-11(14)15-6-3/h10H,4-9,12H2,1-3H3. The van der Waals surface area contributed by atoms with Crippen LogP contribution in [0.3, 0.4) is 0 Å². The highest BCUT2D eigenvalue weighted by molar-refractivity contribution is 5.71. The Hall–Kier alpha value is -0.610. The van der Waals surface area contributed by atoms with Gasteiger partial charge in [0, 0.05) is 12.6 Å². The fourth-order valence-corrected chi connectivity index (χ4v) is 1.62. The van der Waals surface area contributed by atoms with Gasteiger partial charge in [0.1, 0.15) is 0 Å². The lowest BCUT2D eigenvalue weighted by atomic mass is 10.2. The largest absolute Gasteiger partial charge is 0.465 e. The van der Waals surface area contributed by atoms with Crippen molar-refractivity contribution < 1.29 is 9.53 Å². The normalized spacial score (nSPS) is 12.9. The second-order valence-corrected chi connectivity index (χ2v) is 3.57. The number of carbonyl (C=O) groups is 1. The number of carbonyl (C=O) groups excluding carboxylic acids is 1. The van der Waals surface area contributed by atoms with E-state index in [9.17, 15) is 4.79 Å². The van der Waals surface area contributed by atoms with Gasteiger partial charge in [-0.1, -0.05) is 13.8 Å². The van der Waals surface area contributed by atoms with Crippen LogP contribution in [0.25, 0.3) is 0 Å². The van der Waals surface area contributed by atoms with Gasteiger partial charge in [0.2, 0.25) is 0 Å². The predicted octanol–water partition coefficient (Wildman–Crippen LogP) is 0.999. The molecule has 0 spiro atoms. The molecule has 0 amide bonds. The maximum Gasteiger partial charge on any atom is 0.320 e. The minimum absolute atomic E-state index is 0.155. The molecule has 0 saturated heterocycles. The molecular weight excluding hydrogens is 192 g/mol. The summed E-state index contributed by atoms with van der Waals surface area (Å²) in [5.41, 5.74) is 5.67. The van der Waals surface area contributed by atoms with Crippen LogP contribution in [0.15, 0.2) is 0 Å². The number of nitrogens with two attached hydrogens (primary N) is 1. The van der Waals surface area contributed by atoms with E-state index in [-0.39, 0.29) is 12.0 Å². The van der Waals surface area contributed by atoms with Crippen LogP contribution in [-0.4, -0.2) is 43.2 Å². The molecule has 0 aliphatic rings. The van der Waals surface area contributed by atoms with Crippen molar-refractivity contribution in [3.63, 3.8) is 0 Å². The third-order valence-electron chi connectivity index (χ3n) is 2.41. The van der Waals surface area contributed by atoms with Crippen LogP contribution in [0.1, 0.15) is 33.6 Å². The topological polar surface area (TPSA) is 55.6 Å². The Balaban J connectivity index is 4.18. The Morgan fingerprint density at radius 3 is 2.47 bits per heavy atom. The molecule has 1 atom stereocenters. The van der Waals surface area contributed by atoms with Crippen molar-refractivity contribution in [1.29, 1.82) is 0 Å². The summed E-state index contributed by atoms with van der Waals surface area (Å²) in [6.07, 6.45) is 1.99. The molecule has 0 rings (SSSR count). The highest BCUT2D eigenvalue weighted by atomic mass is 16.5. The van der Waals surface area contributed by atoms with Gasteiger partial charge >= 0.3 is 5.97 Å². The zero-order valence-corrected chi connectivity index (χ0v) is 10.2. The summed E-state index contributed by atoms with van der Waals surface area (Å²) >= 11 is 0. The monoisotopic (exact) mass is 216 g/mol. The first-order chi connectivity index (χ1) is 7.19. The average Bonchev–Trinajstić information content (AvgIpc) is 2.20. The van der Waals surface area contributed by atoms with Gasteiger partial charge in [-0.15, -0.1) is 0 Å². The molecule has 2 N–H and O–H groups in total. The Morgan fingerprint density at radius 1 is 1.40 bits per heavy atom. The molecule has 0 bridgehead atoms. The van der Waals surface area contributed by atoms with Crippen LogP contribution in [0.2, 0.25) is 0 Å². The molecule has 0 aliphatic heterocycles. The summed E-state index contributed by atoms with van der Waals surface area (Å²) in [5, 5.41) is 0. The van der Waals surface area contributed by atoms with Gasteiger partial charge in [-0.2, -0.15) is 0 Å². The first-order valence-corrected chi connectivity index (χ1v) is 5.79. The van der Waals surface area contributed by atoms with Crippen molar-refractivity contribution in [2.75, 3.05) is 26.2 Å². The van der Waals surface area contributed by atoms with Crippen LogP contribution in [-0.2, 0) is 9.53 Å². The van der Waals surface area contributed by atoms with Crippen molar-refractivity contribution in [1.82, 2.24) is 4.90 Å². The van der Waals surface area contributed by atoms with Crippen molar-refractivity contribution in [2.24, 2.45) is 5.73 Å². The number of ether oxygens (including phenoxy) is 1. The lowest BCUT2D eigenvalue weighted by molar-refractivity contribution is -0.145. The zero-order chi connectivity index (χ0) is 11.7. The second kappa shape index (κ2) is 8.68. The maximum absolute atomic E-state index is 11.4. The van der Waals surface area contributed by atoms with Gasteiger partial charge in [0.25, 0.3) is 0 Å². The Labute approximate surface area is 92.8 Å². The van der Waals surface area contributed by atoms with Crippen molar-refractivity contribution in [2.45, 2.75) is 39.7 Å². The second-order valence-electron chi connectivity index (χ2n) is 3.57. The van der Waals surface area contributed by atoms with Crippen LogP contribution < -0.4 is 5.73 Å². The smallest absolute Gasteiger partial charge is 0.320 e. The molecule has 0 aliphatic carbocycles. The Morgan fingerprint density at radius 2 is 2.07 bits per heavy atom. The van der Waals surface area contributed by atoms with E-state index < -0.39 is 0 Å². The zero-order valence-electron chi connectivity index (χ0n) is 10.2. The molecule has 0 aromatic carbocycles. The molecule has 0 saturated carbocycles. The summed E-state index contributed by atoms with van der Waals surface area (Å²) in [5.74, 6) is -0.155. The van der Waals surface area contributed by atoms with E-state index in [1.54, 1.807) is 0 Å². The highest BCUT2D eigenvalue weighted by Gasteiger charge is 2.17. The summed E-state index contributed by atoms with van der Waals surface area (Å²) < 4.78 is 4.94. The fourth-order valence-electron chi connectivity index (χ4n) is 1.62. The van der Waals surface area contributed by atoms with E-state index in [1.807, 2.05) is 6.92 Å². The number of esters is 1. The molecule has 0 aromatic heterocycles. The molecule has 0 radical (unpaired) electrons. The van der Waals surface area contributed by atoms with Gasteiger partial charge in [0.15, 0.2) is 0 Å². The van der Waals surface area contributed by atoms with Crippen LogP contribution >= 0.6 is 0 Å². The van der Waals surface area contributed by atoms with E-state index in [0.717, 1.165) is 19.4 Å². The number of hydrogen-bond acceptors (Lipinski definition) is 4. The highest BCUT2D eigenvalue weighted by Crippen LogP contribution is 2.04. The summed E-state index contributed by atoms with van der Waals surface area (Å²) in [7, 11) is 0. The number of rotatable bonds is 8. The van der Waals surface area contributed by atoms with E-state index in [0.29, 0.717) is 19.7 Å². The van der Waals surface area contributed by atoms with Gasteiger partial charge in [-0.25, -0.2) is 0 Å². The van der Waals surface area contributed by atoms with Gasteiger partial charge in [-0.05, 0) is 26.3 Å². The lowest BCUT2D eigenvalue weighted by Crippen LogP contribution is -2.43. The average molecular weight is 216 g/mol. The van der Waals surface area contributed by atoms with Gasteiger partial charge < -0.3 is 10.5 Å². The number of nitrogens with zero attached hydrogens (tertiary/aromatic N) is 1. The molecule has 15 heavy (non-hydrogen) atoms. The Bertz CT molecular complexity index is 170. The summed E-state index contributed by atoms with van der Waals surface area (Å²) in [6, 6.07) is 0.286. The Kier molecular flexibility index (Phi) is 8.33. The van der Waals surface area contributed by atoms with Crippen LogP contribution in [0, 0.1) is 0 Å². The van der Waals surface area contributed by atoms with Gasteiger partial charge in [-0.3, -0.25) is 9.69 Å². The molecule has 0 heterocycles. The van der Waals surface area contributed by atoms with Crippen molar-refractivity contribution in [3.8, 4) is 0 Å². The van der Waals surface area contributed by atoms with Crippen molar-refractivity contribution in [3.05, 3.63) is 0 Å². The van der Waals surface area contributed by atoms with E-state index in [4.69, 9.17) is 10.5 Å². The predicted molar refractivity (Wildman–Crippen MR) is 61.6 cm³/mol. The molecule has 4 nitrogen and oxygen atoms in total. The van der Waals surface area contributed by atoms with Crippen molar-refractivity contribution >= 4 is 5.97 Å². The first kappa shape index (κ1) is 14.4. The SMILES string of the molecule is CCCN(CC(=O)OCC)C(CC)CN. The van der Waals surface area contributed by atoms with E-state index >= 15 is 0 Å². The molecule has 90 valence electrons. The first-order valence-electron chi connectivity index (χ1n) is 5.79. The number of hydrogen-bond donors (Lipinski definition) is 1. The molecule has 1 unspecified atom stereocenters. The maximum atomic E-state index is 11.4. The minimum Gasteiger partial charge on any atom is -0.465 e. The molecule has 0 fully saturated rings. The molecule has 0 aromatic rings. The summed E-state index contributed by atoms with van der Waals surface area (Å²) in [6.45, 7) is 8.30. The molecular formula is C11H24N2O2. The van der Waals surface area contributed by atoms with E-state index in [1.165, 1.54) is 0 Å². The lowest BCUT2D eigenvalue weighted by Gasteiger charge is -2.28.